The van der Waals surface area contributed by atoms with Crippen molar-refractivity contribution >= 4 is 5.97 Å². The molecule has 0 aromatic carbocycles. The van der Waals surface area contributed by atoms with Gasteiger partial charge in [0.15, 0.2) is 0 Å². The first kappa shape index (κ1) is 14.0. The Bertz CT molecular complexity index is 426. The smallest absolute Gasteiger partial charge is 0.323 e. The fraction of sp³-hybridized carbons (Fsp3) is 0.938. The number of nitrogens with one attached hydrogen (secondary N) is 1. The van der Waals surface area contributed by atoms with E-state index in [9.17, 15) is 9.90 Å². The summed E-state index contributed by atoms with van der Waals surface area (Å²) in [5, 5.41) is 13.2. The van der Waals surface area contributed by atoms with Crippen LogP contribution in [0.4, 0.5) is 0 Å². The van der Waals surface area contributed by atoms with E-state index in [0.717, 1.165) is 51.2 Å². The molecule has 0 amide bonds. The predicted molar refractivity (Wildman–Crippen MR) is 80.3 cm³/mol. The Morgan fingerprint density at radius 2 is 1.86 bits per heavy atom. The Morgan fingerprint density at radius 3 is 2.62 bits per heavy atom. The third-order valence-corrected chi connectivity index (χ3v) is 6.09. The molecule has 2 heterocycles. The number of carboxylic acid groups (broad SMARTS) is 1. The van der Waals surface area contributed by atoms with Gasteiger partial charge in [-0.15, -0.1) is 0 Å². The SMILES string of the molecule is O=C(O)C1(NC2CC2)CCC(N2CCN3CCCC3C2)C1. The van der Waals surface area contributed by atoms with Gasteiger partial charge in [-0.25, -0.2) is 0 Å². The largest absolute Gasteiger partial charge is 0.480 e. The molecule has 4 fully saturated rings. The Balaban J connectivity index is 1.41. The molecule has 0 radical (unpaired) electrons. The maximum atomic E-state index is 11.8. The van der Waals surface area contributed by atoms with E-state index >= 15 is 0 Å². The van der Waals surface area contributed by atoms with Crippen molar-refractivity contribution < 1.29 is 9.90 Å². The molecular formula is C16H27N3O2. The van der Waals surface area contributed by atoms with Crippen LogP contribution in [-0.4, -0.2) is 70.7 Å². The fourth-order valence-corrected chi connectivity index (χ4v) is 4.68. The second-order valence-corrected chi connectivity index (χ2v) is 7.53. The third-order valence-electron chi connectivity index (χ3n) is 6.09. The van der Waals surface area contributed by atoms with E-state index in [0.29, 0.717) is 12.1 Å². The first-order chi connectivity index (χ1) is 10.2. The molecule has 0 aromatic rings. The van der Waals surface area contributed by atoms with Gasteiger partial charge in [0, 0.05) is 37.8 Å². The van der Waals surface area contributed by atoms with E-state index < -0.39 is 11.5 Å². The van der Waals surface area contributed by atoms with Crippen LogP contribution in [0.3, 0.4) is 0 Å². The highest BCUT2D eigenvalue weighted by Gasteiger charge is 2.50. The molecule has 2 aliphatic heterocycles. The number of hydrogen-bond donors (Lipinski definition) is 2. The van der Waals surface area contributed by atoms with Crippen molar-refractivity contribution in [2.45, 2.75) is 68.6 Å². The van der Waals surface area contributed by atoms with Crippen LogP contribution in [0, 0.1) is 0 Å². The molecule has 4 aliphatic rings. The zero-order valence-corrected chi connectivity index (χ0v) is 12.8. The number of rotatable bonds is 4. The lowest BCUT2D eigenvalue weighted by Crippen LogP contribution is -2.55. The van der Waals surface area contributed by atoms with Crippen molar-refractivity contribution in [3.63, 3.8) is 0 Å². The molecule has 0 aromatic heterocycles. The molecule has 2 N–H and O–H groups in total. The summed E-state index contributed by atoms with van der Waals surface area (Å²) in [5.74, 6) is -0.628. The molecule has 3 atom stereocenters. The van der Waals surface area contributed by atoms with Gasteiger partial charge in [0.1, 0.15) is 5.54 Å². The van der Waals surface area contributed by atoms with Gasteiger partial charge in [-0.3, -0.25) is 19.9 Å². The predicted octanol–water partition coefficient (Wildman–Crippen LogP) is 0.894. The minimum atomic E-state index is -0.640. The van der Waals surface area contributed by atoms with Gasteiger partial charge in [0.25, 0.3) is 0 Å². The lowest BCUT2D eigenvalue weighted by molar-refractivity contribution is -0.145. The molecule has 2 saturated carbocycles. The van der Waals surface area contributed by atoms with Crippen LogP contribution >= 0.6 is 0 Å². The van der Waals surface area contributed by atoms with E-state index in [1.807, 2.05) is 0 Å². The Labute approximate surface area is 126 Å². The quantitative estimate of drug-likeness (QED) is 0.806. The number of carboxylic acids is 1. The molecule has 2 saturated heterocycles. The van der Waals surface area contributed by atoms with E-state index in [4.69, 9.17) is 0 Å². The normalized spacial score (nSPS) is 41.3. The average molecular weight is 293 g/mol. The van der Waals surface area contributed by atoms with Gasteiger partial charge < -0.3 is 5.11 Å². The highest BCUT2D eigenvalue weighted by molar-refractivity contribution is 5.79. The van der Waals surface area contributed by atoms with Gasteiger partial charge in [0.2, 0.25) is 0 Å². The summed E-state index contributed by atoms with van der Waals surface area (Å²) < 4.78 is 0. The summed E-state index contributed by atoms with van der Waals surface area (Å²) in [6.07, 6.45) is 7.61. The van der Waals surface area contributed by atoms with Crippen LogP contribution in [0.5, 0.6) is 0 Å². The summed E-state index contributed by atoms with van der Waals surface area (Å²) in [6, 6.07) is 1.66. The average Bonchev–Trinajstić information content (AvgIpc) is 3.00. The lowest BCUT2D eigenvalue weighted by Gasteiger charge is -2.41. The van der Waals surface area contributed by atoms with E-state index in [1.54, 1.807) is 0 Å². The molecule has 0 spiro atoms. The molecule has 0 bridgehead atoms. The van der Waals surface area contributed by atoms with Crippen LogP contribution < -0.4 is 5.32 Å². The topological polar surface area (TPSA) is 55.8 Å². The summed E-state index contributed by atoms with van der Waals surface area (Å²) in [6.45, 7) is 4.73. The maximum Gasteiger partial charge on any atom is 0.323 e. The number of fused-ring (bicyclic) bond motifs is 1. The fourth-order valence-electron chi connectivity index (χ4n) is 4.68. The van der Waals surface area contributed by atoms with Crippen LogP contribution in [0.25, 0.3) is 0 Å². The van der Waals surface area contributed by atoms with Crippen molar-refractivity contribution in [1.29, 1.82) is 0 Å². The second kappa shape index (κ2) is 5.21. The van der Waals surface area contributed by atoms with Crippen LogP contribution in [0.1, 0.15) is 44.9 Å². The minimum Gasteiger partial charge on any atom is -0.480 e. The van der Waals surface area contributed by atoms with E-state index in [1.165, 1.54) is 25.9 Å². The van der Waals surface area contributed by atoms with Crippen molar-refractivity contribution in [3.05, 3.63) is 0 Å². The number of aliphatic carboxylic acids is 1. The molecule has 2 aliphatic carbocycles. The van der Waals surface area contributed by atoms with Gasteiger partial charge in [-0.2, -0.15) is 0 Å². The van der Waals surface area contributed by atoms with E-state index in [-0.39, 0.29) is 0 Å². The Kier molecular flexibility index (Phi) is 3.47. The first-order valence-corrected chi connectivity index (χ1v) is 8.65. The highest BCUT2D eigenvalue weighted by atomic mass is 16.4. The number of nitrogens with zero attached hydrogens (tertiary/aromatic N) is 2. The van der Waals surface area contributed by atoms with Crippen molar-refractivity contribution in [2.24, 2.45) is 0 Å². The van der Waals surface area contributed by atoms with Gasteiger partial charge in [-0.05, 0) is 51.5 Å². The zero-order valence-electron chi connectivity index (χ0n) is 12.8. The second-order valence-electron chi connectivity index (χ2n) is 7.53. The molecular weight excluding hydrogens is 266 g/mol. The van der Waals surface area contributed by atoms with E-state index in [2.05, 4.69) is 15.1 Å². The molecule has 5 nitrogen and oxygen atoms in total. The van der Waals surface area contributed by atoms with Crippen LogP contribution in [0.15, 0.2) is 0 Å². The molecule has 3 unspecified atom stereocenters. The van der Waals surface area contributed by atoms with Gasteiger partial charge in [-0.1, -0.05) is 0 Å². The van der Waals surface area contributed by atoms with Crippen LogP contribution in [-0.2, 0) is 4.79 Å². The number of hydrogen-bond acceptors (Lipinski definition) is 4. The van der Waals surface area contributed by atoms with Gasteiger partial charge >= 0.3 is 5.97 Å². The van der Waals surface area contributed by atoms with Gasteiger partial charge in [0.05, 0.1) is 0 Å². The van der Waals surface area contributed by atoms with Crippen molar-refractivity contribution in [2.75, 3.05) is 26.2 Å². The number of carbonyl (C=O) groups is 1. The number of piperazine rings is 1. The minimum absolute atomic E-state index is 0.464. The zero-order chi connectivity index (χ0) is 14.4. The first-order valence-electron chi connectivity index (χ1n) is 8.65. The Morgan fingerprint density at radius 1 is 1.05 bits per heavy atom. The highest BCUT2D eigenvalue weighted by Crippen LogP contribution is 2.37. The maximum absolute atomic E-state index is 11.8. The summed E-state index contributed by atoms with van der Waals surface area (Å²) in [4.78, 5) is 17.0. The molecule has 21 heavy (non-hydrogen) atoms. The van der Waals surface area contributed by atoms with Crippen molar-refractivity contribution in [3.8, 4) is 0 Å². The third kappa shape index (κ3) is 2.60. The molecule has 118 valence electrons. The summed E-state index contributed by atoms with van der Waals surface area (Å²) in [7, 11) is 0. The molecule has 4 rings (SSSR count). The molecule has 5 heteroatoms. The van der Waals surface area contributed by atoms with Crippen LogP contribution in [0.2, 0.25) is 0 Å². The Hall–Kier alpha value is -0.650. The monoisotopic (exact) mass is 293 g/mol. The lowest BCUT2D eigenvalue weighted by atomic mass is 9.96. The standard InChI is InChI=1S/C16H27N3O2/c20-15(21)16(17-12-3-4-12)6-5-13(10-16)19-9-8-18-7-1-2-14(18)11-19/h12-14,17H,1-11H2,(H,20,21). The van der Waals surface area contributed by atoms with Crippen molar-refractivity contribution in [1.82, 2.24) is 15.1 Å². The summed E-state index contributed by atoms with van der Waals surface area (Å²) in [5.41, 5.74) is -0.640. The summed E-state index contributed by atoms with van der Waals surface area (Å²) >= 11 is 0.